The molecule has 0 saturated heterocycles. The first kappa shape index (κ1) is 26.6. The summed E-state index contributed by atoms with van der Waals surface area (Å²) in [6.07, 6.45) is 0. The first-order chi connectivity index (χ1) is 11.8. The van der Waals surface area contributed by atoms with Gasteiger partial charge in [-0.15, -0.1) is 0 Å². The third-order valence-corrected chi connectivity index (χ3v) is 4.08. The topological polar surface area (TPSA) is 52.6 Å². The van der Waals surface area contributed by atoms with Crippen LogP contribution in [0, 0.1) is 0 Å². The van der Waals surface area contributed by atoms with Gasteiger partial charge in [-0.25, -0.2) is 9.59 Å². The zero-order valence-electron chi connectivity index (χ0n) is 18.2. The maximum Gasteiger partial charge on any atom is 0.333 e. The van der Waals surface area contributed by atoms with Crippen molar-refractivity contribution in [1.82, 2.24) is 0 Å². The van der Waals surface area contributed by atoms with Crippen LogP contribution in [-0.2, 0) is 19.1 Å². The van der Waals surface area contributed by atoms with Gasteiger partial charge in [0.15, 0.2) is 0 Å². The molecule has 0 aliphatic carbocycles. The van der Waals surface area contributed by atoms with Crippen molar-refractivity contribution in [2.75, 3.05) is 67.6 Å². The molecule has 0 rings (SSSR count). The van der Waals surface area contributed by atoms with Crippen LogP contribution in [0.25, 0.3) is 0 Å². The molecule has 6 nitrogen and oxygen atoms in total. The molecule has 0 unspecified atom stereocenters. The Morgan fingerprint density at radius 2 is 1.12 bits per heavy atom. The van der Waals surface area contributed by atoms with Crippen molar-refractivity contribution in [1.29, 1.82) is 0 Å². The molecule has 0 spiro atoms. The summed E-state index contributed by atoms with van der Waals surface area (Å²) in [7, 11) is 8.31. The van der Waals surface area contributed by atoms with E-state index in [9.17, 15) is 9.59 Å². The van der Waals surface area contributed by atoms with Crippen molar-refractivity contribution >= 4 is 11.9 Å². The summed E-state index contributed by atoms with van der Waals surface area (Å²) >= 11 is 0. The SMILES string of the molecule is C=C(C)C(=O)OCC[N+](C)(C)C.C=C(C)C(=O)OCC[N+](C)(CC)CC. The highest BCUT2D eigenvalue weighted by molar-refractivity contribution is 5.87. The lowest BCUT2D eigenvalue weighted by atomic mass is 10.3. The number of hydrogen-bond acceptors (Lipinski definition) is 4. The summed E-state index contributed by atoms with van der Waals surface area (Å²) in [5, 5.41) is 0. The predicted molar refractivity (Wildman–Crippen MR) is 107 cm³/mol. The summed E-state index contributed by atoms with van der Waals surface area (Å²) in [6, 6.07) is 0. The first-order valence-corrected chi connectivity index (χ1v) is 9.07. The van der Waals surface area contributed by atoms with Crippen LogP contribution in [0.1, 0.15) is 27.7 Å². The molecule has 0 aliphatic heterocycles. The van der Waals surface area contributed by atoms with E-state index in [1.165, 1.54) is 0 Å². The molecule has 0 aromatic rings. The van der Waals surface area contributed by atoms with Gasteiger partial charge in [-0.05, 0) is 27.7 Å². The molecule has 0 saturated carbocycles. The van der Waals surface area contributed by atoms with E-state index in [2.05, 4.69) is 55.2 Å². The maximum absolute atomic E-state index is 11.1. The third-order valence-electron chi connectivity index (χ3n) is 4.08. The lowest BCUT2D eigenvalue weighted by molar-refractivity contribution is -0.906. The number of rotatable bonds is 10. The van der Waals surface area contributed by atoms with Crippen LogP contribution in [0.3, 0.4) is 0 Å². The van der Waals surface area contributed by atoms with Crippen molar-refractivity contribution in [3.8, 4) is 0 Å². The van der Waals surface area contributed by atoms with Crippen molar-refractivity contribution < 1.29 is 28.0 Å². The van der Waals surface area contributed by atoms with E-state index < -0.39 is 0 Å². The Bertz CT molecular complexity index is 475. The van der Waals surface area contributed by atoms with Crippen molar-refractivity contribution in [3.63, 3.8) is 0 Å². The molecule has 0 aromatic carbocycles. The Kier molecular flexibility index (Phi) is 12.9. The maximum atomic E-state index is 11.1. The van der Waals surface area contributed by atoms with E-state index >= 15 is 0 Å². The predicted octanol–water partition coefficient (Wildman–Crippen LogP) is 2.40. The summed E-state index contributed by atoms with van der Waals surface area (Å²) in [6.45, 7) is 19.3. The van der Waals surface area contributed by atoms with Crippen molar-refractivity contribution in [2.45, 2.75) is 27.7 Å². The Hall–Kier alpha value is -1.66. The average Bonchev–Trinajstić information content (AvgIpc) is 2.53. The van der Waals surface area contributed by atoms with Crippen molar-refractivity contribution in [3.05, 3.63) is 24.3 Å². The molecular formula is C20H40N2O4+2. The highest BCUT2D eigenvalue weighted by Gasteiger charge is 2.16. The minimum absolute atomic E-state index is 0.288. The fourth-order valence-corrected chi connectivity index (χ4v) is 1.56. The Labute approximate surface area is 160 Å². The number of ether oxygens (including phenoxy) is 2. The smallest absolute Gasteiger partial charge is 0.333 e. The number of carbonyl (C=O) groups is 2. The zero-order chi connectivity index (χ0) is 21.0. The summed E-state index contributed by atoms with van der Waals surface area (Å²) in [5.41, 5.74) is 0.920. The lowest BCUT2D eigenvalue weighted by Crippen LogP contribution is -2.46. The highest BCUT2D eigenvalue weighted by atomic mass is 16.5. The standard InChI is InChI=1S/C11H22NO2.C9H18NO2/c1-6-12(5,7-2)8-9-14-11(13)10(3)4;1-8(2)9(11)12-7-6-10(3,4)5/h3,6-9H2,1-2,4-5H3;1,6-7H2,2-5H3/q2*+1. The Morgan fingerprint density at radius 1 is 0.769 bits per heavy atom. The molecule has 26 heavy (non-hydrogen) atoms. The van der Waals surface area contributed by atoms with E-state index in [4.69, 9.17) is 9.47 Å². The molecule has 6 heteroatoms. The van der Waals surface area contributed by atoms with E-state index in [1.807, 2.05) is 0 Å². The third kappa shape index (κ3) is 14.7. The normalized spacial score (nSPS) is 11.1. The molecule has 0 fully saturated rings. The van der Waals surface area contributed by atoms with Crippen LogP contribution in [0.15, 0.2) is 24.3 Å². The van der Waals surface area contributed by atoms with Crippen LogP contribution in [-0.4, -0.2) is 88.5 Å². The fourth-order valence-electron chi connectivity index (χ4n) is 1.56. The quantitative estimate of drug-likeness (QED) is 0.336. The second-order valence-corrected chi connectivity index (χ2v) is 7.82. The summed E-state index contributed by atoms with van der Waals surface area (Å²) < 4.78 is 11.7. The van der Waals surface area contributed by atoms with Crippen LogP contribution in [0.2, 0.25) is 0 Å². The van der Waals surface area contributed by atoms with E-state index in [1.54, 1.807) is 13.8 Å². The molecule has 0 radical (unpaired) electrons. The van der Waals surface area contributed by atoms with Gasteiger partial charge < -0.3 is 18.4 Å². The van der Waals surface area contributed by atoms with Gasteiger partial charge in [-0.1, -0.05) is 13.2 Å². The number of likely N-dealkylation sites (N-methyl/N-ethyl adjacent to an activating group) is 2. The van der Waals surface area contributed by atoms with Gasteiger partial charge in [0.2, 0.25) is 0 Å². The average molecular weight is 373 g/mol. The number of carbonyl (C=O) groups excluding carboxylic acids is 2. The number of esters is 2. The Morgan fingerprint density at radius 3 is 1.38 bits per heavy atom. The van der Waals surface area contributed by atoms with Crippen molar-refractivity contribution in [2.24, 2.45) is 0 Å². The zero-order valence-corrected chi connectivity index (χ0v) is 18.2. The van der Waals surface area contributed by atoms with Crippen LogP contribution >= 0.6 is 0 Å². The minimum atomic E-state index is -0.302. The molecule has 0 aliphatic rings. The van der Waals surface area contributed by atoms with Gasteiger partial charge in [0, 0.05) is 11.1 Å². The van der Waals surface area contributed by atoms with Crippen LogP contribution < -0.4 is 0 Å². The molecule has 0 N–H and O–H groups in total. The van der Waals surface area contributed by atoms with Gasteiger partial charge in [-0.3, -0.25) is 0 Å². The van der Waals surface area contributed by atoms with Gasteiger partial charge in [-0.2, -0.15) is 0 Å². The number of quaternary nitrogens is 2. The molecule has 0 atom stereocenters. The monoisotopic (exact) mass is 372 g/mol. The minimum Gasteiger partial charge on any atom is -0.456 e. The summed E-state index contributed by atoms with van der Waals surface area (Å²) in [5.74, 6) is -0.591. The molecular weight excluding hydrogens is 332 g/mol. The highest BCUT2D eigenvalue weighted by Crippen LogP contribution is 2.01. The van der Waals surface area contributed by atoms with Gasteiger partial charge >= 0.3 is 11.9 Å². The largest absolute Gasteiger partial charge is 0.456 e. The fraction of sp³-hybridized carbons (Fsp3) is 0.700. The molecule has 0 heterocycles. The van der Waals surface area contributed by atoms with E-state index in [-0.39, 0.29) is 11.9 Å². The molecule has 0 amide bonds. The van der Waals surface area contributed by atoms with Crippen LogP contribution in [0.5, 0.6) is 0 Å². The summed E-state index contributed by atoms with van der Waals surface area (Å²) in [4.78, 5) is 22.0. The number of hydrogen-bond donors (Lipinski definition) is 0. The number of nitrogens with zero attached hydrogens (tertiary/aromatic N) is 2. The molecule has 0 aromatic heterocycles. The lowest BCUT2D eigenvalue weighted by Gasteiger charge is -2.31. The van der Waals surface area contributed by atoms with E-state index in [0.29, 0.717) is 24.4 Å². The first-order valence-electron chi connectivity index (χ1n) is 9.07. The van der Waals surface area contributed by atoms with E-state index in [0.717, 1.165) is 35.1 Å². The van der Waals surface area contributed by atoms with Gasteiger partial charge in [0.1, 0.15) is 26.3 Å². The Balaban J connectivity index is 0. The van der Waals surface area contributed by atoms with Gasteiger partial charge in [0.25, 0.3) is 0 Å². The van der Waals surface area contributed by atoms with Crippen LogP contribution in [0.4, 0.5) is 0 Å². The molecule has 152 valence electrons. The van der Waals surface area contributed by atoms with Gasteiger partial charge in [0.05, 0.1) is 41.3 Å². The molecule has 0 bridgehead atoms. The second kappa shape index (κ2) is 12.7. The second-order valence-electron chi connectivity index (χ2n) is 7.82.